The van der Waals surface area contributed by atoms with Crippen LogP contribution in [0, 0.1) is 12.3 Å². The molecule has 0 bridgehead atoms. The Balaban J connectivity index is 2.29. The van der Waals surface area contributed by atoms with E-state index < -0.39 is 17.8 Å². The first-order chi connectivity index (χ1) is 13.8. The third-order valence-corrected chi connectivity index (χ3v) is 4.58. The maximum atomic E-state index is 12.9. The SMILES string of the molecule is C#CCN(C(=O)C(CSCC(F)(F)F)=NOC)c1cn(-c2cccnc2)nc1Cl. The van der Waals surface area contributed by atoms with Crippen molar-refractivity contribution in [2.24, 2.45) is 5.16 Å². The quantitative estimate of drug-likeness (QED) is 0.354. The summed E-state index contributed by atoms with van der Waals surface area (Å²) in [6.07, 6.45) is 5.55. The number of alkyl halides is 3. The van der Waals surface area contributed by atoms with Crippen LogP contribution in [0.2, 0.25) is 5.15 Å². The normalized spacial score (nSPS) is 11.8. The first kappa shape index (κ1) is 22.6. The van der Waals surface area contributed by atoms with Gasteiger partial charge in [-0.2, -0.15) is 18.3 Å². The molecule has 29 heavy (non-hydrogen) atoms. The van der Waals surface area contributed by atoms with E-state index in [9.17, 15) is 18.0 Å². The predicted molar refractivity (Wildman–Crippen MR) is 105 cm³/mol. The van der Waals surface area contributed by atoms with E-state index in [1.807, 2.05) is 0 Å². The molecule has 12 heteroatoms. The van der Waals surface area contributed by atoms with Crippen LogP contribution in [0.1, 0.15) is 0 Å². The molecule has 0 radical (unpaired) electrons. The highest BCUT2D eigenvalue weighted by Gasteiger charge is 2.30. The van der Waals surface area contributed by atoms with Crippen LogP contribution in [0.15, 0.2) is 35.9 Å². The third-order valence-electron chi connectivity index (χ3n) is 3.30. The third kappa shape index (κ3) is 6.40. The molecule has 0 aliphatic heterocycles. The van der Waals surface area contributed by atoms with Crippen molar-refractivity contribution in [1.29, 1.82) is 0 Å². The number of hydrogen-bond donors (Lipinski definition) is 0. The van der Waals surface area contributed by atoms with Crippen LogP contribution in [0.5, 0.6) is 0 Å². The lowest BCUT2D eigenvalue weighted by molar-refractivity contribution is -0.112. The minimum atomic E-state index is -4.38. The molecule has 2 rings (SSSR count). The van der Waals surface area contributed by atoms with Gasteiger partial charge >= 0.3 is 6.18 Å². The first-order valence-electron chi connectivity index (χ1n) is 7.92. The Bertz CT molecular complexity index is 912. The molecule has 0 spiro atoms. The lowest BCUT2D eigenvalue weighted by atomic mass is 10.3. The van der Waals surface area contributed by atoms with E-state index in [2.05, 4.69) is 26.0 Å². The molecular weight excluding hydrogens is 431 g/mol. The van der Waals surface area contributed by atoms with Crippen molar-refractivity contribution in [2.75, 3.05) is 30.1 Å². The Labute approximate surface area is 173 Å². The molecule has 1 amide bonds. The van der Waals surface area contributed by atoms with Crippen molar-refractivity contribution in [3.8, 4) is 18.0 Å². The first-order valence-corrected chi connectivity index (χ1v) is 9.45. The molecule has 0 fully saturated rings. The van der Waals surface area contributed by atoms with Gasteiger partial charge in [-0.3, -0.25) is 14.7 Å². The van der Waals surface area contributed by atoms with Crippen LogP contribution in [0.4, 0.5) is 18.9 Å². The average molecular weight is 446 g/mol. The minimum Gasteiger partial charge on any atom is -0.399 e. The molecule has 7 nitrogen and oxygen atoms in total. The second kappa shape index (κ2) is 10.2. The van der Waals surface area contributed by atoms with E-state index in [1.54, 1.807) is 18.3 Å². The molecule has 2 aromatic rings. The van der Waals surface area contributed by atoms with Gasteiger partial charge in [-0.05, 0) is 12.1 Å². The van der Waals surface area contributed by atoms with E-state index in [4.69, 9.17) is 18.0 Å². The zero-order valence-corrected chi connectivity index (χ0v) is 16.6. The van der Waals surface area contributed by atoms with E-state index in [0.717, 1.165) is 4.90 Å². The molecule has 2 heterocycles. The van der Waals surface area contributed by atoms with Gasteiger partial charge in [0.25, 0.3) is 5.91 Å². The Morgan fingerprint density at radius 2 is 2.28 bits per heavy atom. The van der Waals surface area contributed by atoms with E-state index in [0.29, 0.717) is 17.4 Å². The molecule has 0 saturated carbocycles. The van der Waals surface area contributed by atoms with Crippen molar-refractivity contribution in [3.05, 3.63) is 35.9 Å². The summed E-state index contributed by atoms with van der Waals surface area (Å²) in [5, 5.41) is 7.65. The Hall–Kier alpha value is -2.71. The van der Waals surface area contributed by atoms with Gasteiger partial charge in [0.05, 0.1) is 30.4 Å². The standard InChI is InChI=1S/C17H15ClF3N5O2S/c1-3-7-25(16(27)13(24-28-2)10-29-11-17(19,20)21)14-9-26(23-15(14)18)12-5-4-6-22-8-12/h1,4-6,8-9H,7,10-11H2,2H3. The van der Waals surface area contributed by atoms with Crippen LogP contribution in [-0.2, 0) is 9.63 Å². The van der Waals surface area contributed by atoms with Crippen LogP contribution in [0.3, 0.4) is 0 Å². The zero-order chi connectivity index (χ0) is 21.4. The number of pyridine rings is 1. The van der Waals surface area contributed by atoms with Crippen LogP contribution in [0.25, 0.3) is 5.69 Å². The van der Waals surface area contributed by atoms with Gasteiger partial charge in [0.2, 0.25) is 0 Å². The van der Waals surface area contributed by atoms with Gasteiger partial charge < -0.3 is 4.84 Å². The van der Waals surface area contributed by atoms with E-state index in [1.165, 1.54) is 24.2 Å². The fraction of sp³-hybridized carbons (Fsp3) is 0.294. The largest absolute Gasteiger partial charge is 0.399 e. The van der Waals surface area contributed by atoms with E-state index in [-0.39, 0.29) is 28.8 Å². The summed E-state index contributed by atoms with van der Waals surface area (Å²) in [6, 6.07) is 3.41. The van der Waals surface area contributed by atoms with Crippen molar-refractivity contribution in [1.82, 2.24) is 14.8 Å². The smallest absolute Gasteiger partial charge is 0.397 e. The highest BCUT2D eigenvalue weighted by Crippen LogP contribution is 2.27. The lowest BCUT2D eigenvalue weighted by Gasteiger charge is -2.19. The summed E-state index contributed by atoms with van der Waals surface area (Å²) in [4.78, 5) is 22.6. The second-order valence-electron chi connectivity index (χ2n) is 5.38. The maximum absolute atomic E-state index is 12.9. The fourth-order valence-electron chi connectivity index (χ4n) is 2.16. The maximum Gasteiger partial charge on any atom is 0.397 e. The second-order valence-corrected chi connectivity index (χ2v) is 6.73. The number of carbonyl (C=O) groups excluding carboxylic acids is 1. The van der Waals surface area contributed by atoms with Crippen LogP contribution < -0.4 is 4.90 Å². The molecule has 0 aromatic carbocycles. The number of nitrogens with zero attached hydrogens (tertiary/aromatic N) is 5. The van der Waals surface area contributed by atoms with Crippen LogP contribution >= 0.6 is 23.4 Å². The topological polar surface area (TPSA) is 72.6 Å². The Kier molecular flexibility index (Phi) is 7.92. The number of halogens is 4. The molecule has 0 atom stereocenters. The summed E-state index contributed by atoms with van der Waals surface area (Å²) in [6.45, 7) is -0.204. The molecule has 0 unspecified atom stereocenters. The number of carbonyl (C=O) groups is 1. The molecular formula is C17H15ClF3N5O2S. The number of amides is 1. The van der Waals surface area contributed by atoms with Gasteiger partial charge in [-0.1, -0.05) is 22.7 Å². The molecule has 0 aliphatic carbocycles. The summed E-state index contributed by atoms with van der Waals surface area (Å²) >= 11 is 6.65. The Morgan fingerprint density at radius 3 is 2.86 bits per heavy atom. The number of hydrogen-bond acceptors (Lipinski definition) is 6. The number of oxime groups is 1. The van der Waals surface area contributed by atoms with Gasteiger partial charge in [-0.15, -0.1) is 18.2 Å². The number of rotatable bonds is 8. The fourth-order valence-corrected chi connectivity index (χ4v) is 3.10. The Morgan fingerprint density at radius 1 is 1.52 bits per heavy atom. The predicted octanol–water partition coefficient (Wildman–Crippen LogP) is 3.18. The van der Waals surface area contributed by atoms with Crippen molar-refractivity contribution in [2.45, 2.75) is 6.18 Å². The minimum absolute atomic E-state index is 0.0304. The van der Waals surface area contributed by atoms with Gasteiger partial charge in [-0.25, -0.2) is 4.68 Å². The molecule has 2 aromatic heterocycles. The van der Waals surface area contributed by atoms with Gasteiger partial charge in [0, 0.05) is 11.9 Å². The molecule has 154 valence electrons. The average Bonchev–Trinajstić information content (AvgIpc) is 3.06. The molecule has 0 aliphatic rings. The number of aromatic nitrogens is 3. The highest BCUT2D eigenvalue weighted by molar-refractivity contribution is 8.00. The van der Waals surface area contributed by atoms with Crippen molar-refractivity contribution < 1.29 is 22.8 Å². The molecule has 0 saturated heterocycles. The van der Waals surface area contributed by atoms with Gasteiger partial charge in [0.1, 0.15) is 12.8 Å². The lowest BCUT2D eigenvalue weighted by Crippen LogP contribution is -2.38. The number of thioether (sulfide) groups is 1. The summed E-state index contributed by atoms with van der Waals surface area (Å²) < 4.78 is 38.6. The monoisotopic (exact) mass is 445 g/mol. The summed E-state index contributed by atoms with van der Waals surface area (Å²) in [5.74, 6) is 0.0991. The van der Waals surface area contributed by atoms with Crippen molar-refractivity contribution in [3.63, 3.8) is 0 Å². The van der Waals surface area contributed by atoms with Crippen molar-refractivity contribution >= 4 is 40.7 Å². The molecule has 0 N–H and O–H groups in total. The van der Waals surface area contributed by atoms with E-state index >= 15 is 0 Å². The highest BCUT2D eigenvalue weighted by atomic mass is 35.5. The zero-order valence-electron chi connectivity index (χ0n) is 15.1. The van der Waals surface area contributed by atoms with Crippen LogP contribution in [-0.4, -0.2) is 57.7 Å². The summed E-state index contributed by atoms with van der Waals surface area (Å²) in [7, 11) is 1.18. The number of anilines is 1. The number of terminal acetylenes is 1. The summed E-state index contributed by atoms with van der Waals surface area (Å²) in [5.41, 5.74) is 0.505. The van der Waals surface area contributed by atoms with Gasteiger partial charge in [0.15, 0.2) is 10.9 Å².